The first-order valence-corrected chi connectivity index (χ1v) is 5.16. The lowest BCUT2D eigenvalue weighted by Gasteiger charge is -2.29. The number of hydrogen-bond acceptors (Lipinski definition) is 4. The minimum Gasteiger partial charge on any atom is -0.448 e. The number of nitrogens with zero attached hydrogens (tertiary/aromatic N) is 1. The summed E-state index contributed by atoms with van der Waals surface area (Å²) >= 11 is 0. The van der Waals surface area contributed by atoms with E-state index in [1.54, 1.807) is 0 Å². The molecule has 82 valence electrons. The number of nitrogens with one attached hydrogen (secondary N) is 2. The summed E-state index contributed by atoms with van der Waals surface area (Å²) in [6.07, 6.45) is 2.21. The zero-order valence-corrected chi connectivity index (χ0v) is 8.91. The van der Waals surface area contributed by atoms with Gasteiger partial charge in [0.1, 0.15) is 11.5 Å². The van der Waals surface area contributed by atoms with Crippen molar-refractivity contribution in [1.29, 1.82) is 0 Å². The van der Waals surface area contributed by atoms with Crippen molar-refractivity contribution in [3.8, 4) is 0 Å². The third-order valence-corrected chi connectivity index (χ3v) is 2.72. The van der Waals surface area contributed by atoms with Gasteiger partial charge in [-0.15, -0.1) is 0 Å². The van der Waals surface area contributed by atoms with Gasteiger partial charge in [-0.25, -0.2) is 4.98 Å². The number of piperazine rings is 1. The molecule has 2 heterocycles. The molecular formula is C10H15N3O2. The number of carbonyl (C=O) groups is 1. The summed E-state index contributed by atoms with van der Waals surface area (Å²) in [6, 6.07) is -0.0637. The Kier molecular flexibility index (Phi) is 2.73. The molecule has 1 aromatic heterocycles. The van der Waals surface area contributed by atoms with E-state index in [1.807, 2.05) is 13.8 Å². The molecule has 1 aliphatic heterocycles. The molecule has 1 saturated heterocycles. The van der Waals surface area contributed by atoms with Crippen LogP contribution in [0.25, 0.3) is 0 Å². The van der Waals surface area contributed by atoms with E-state index in [9.17, 15) is 4.79 Å². The summed E-state index contributed by atoms with van der Waals surface area (Å²) in [5.41, 5.74) is 0.883. The predicted octanol–water partition coefficient (Wildman–Crippen LogP) is 0.522. The molecule has 0 aromatic carbocycles. The Labute approximate surface area is 88.3 Å². The van der Waals surface area contributed by atoms with Crippen LogP contribution in [0.2, 0.25) is 0 Å². The Morgan fingerprint density at radius 3 is 3.07 bits per heavy atom. The van der Waals surface area contributed by atoms with Crippen molar-refractivity contribution in [2.45, 2.75) is 32.4 Å². The molecule has 0 bridgehead atoms. The zero-order chi connectivity index (χ0) is 10.8. The monoisotopic (exact) mass is 209 g/mol. The summed E-state index contributed by atoms with van der Waals surface area (Å²) in [7, 11) is 0. The average Bonchev–Trinajstić information content (AvgIpc) is 2.65. The third-order valence-electron chi connectivity index (χ3n) is 2.72. The van der Waals surface area contributed by atoms with Crippen LogP contribution >= 0.6 is 0 Å². The third kappa shape index (κ3) is 1.87. The fourth-order valence-electron chi connectivity index (χ4n) is 1.83. The molecule has 2 N–H and O–H groups in total. The van der Waals surface area contributed by atoms with Crippen molar-refractivity contribution in [3.05, 3.63) is 17.8 Å². The summed E-state index contributed by atoms with van der Waals surface area (Å²) in [5.74, 6) is 0.869. The maximum atomic E-state index is 11.4. The number of amides is 1. The Morgan fingerprint density at radius 2 is 2.47 bits per heavy atom. The molecule has 5 heteroatoms. The molecular weight excluding hydrogens is 194 g/mol. The van der Waals surface area contributed by atoms with Crippen LogP contribution in [-0.4, -0.2) is 23.5 Å². The second-order valence-corrected chi connectivity index (χ2v) is 3.72. The number of hydrogen-bond donors (Lipinski definition) is 2. The normalized spacial score (nSPS) is 26.4. The fourth-order valence-corrected chi connectivity index (χ4v) is 1.83. The number of aromatic nitrogens is 1. The van der Waals surface area contributed by atoms with Crippen LogP contribution < -0.4 is 10.6 Å². The van der Waals surface area contributed by atoms with Crippen molar-refractivity contribution in [3.63, 3.8) is 0 Å². The van der Waals surface area contributed by atoms with Crippen LogP contribution in [0, 0.1) is 6.92 Å². The largest absolute Gasteiger partial charge is 0.448 e. The number of rotatable bonds is 2. The van der Waals surface area contributed by atoms with E-state index >= 15 is 0 Å². The molecule has 2 atom stereocenters. The van der Waals surface area contributed by atoms with Gasteiger partial charge in [0, 0.05) is 6.54 Å². The van der Waals surface area contributed by atoms with E-state index in [2.05, 4.69) is 15.6 Å². The molecule has 1 aliphatic rings. The minimum atomic E-state index is -0.125. The van der Waals surface area contributed by atoms with Crippen LogP contribution in [0.3, 0.4) is 0 Å². The zero-order valence-electron chi connectivity index (χ0n) is 8.91. The van der Waals surface area contributed by atoms with E-state index in [1.165, 1.54) is 6.39 Å². The van der Waals surface area contributed by atoms with Crippen molar-refractivity contribution in [2.24, 2.45) is 0 Å². The van der Waals surface area contributed by atoms with Gasteiger partial charge in [-0.05, 0) is 13.3 Å². The van der Waals surface area contributed by atoms with Crippen LogP contribution in [0.5, 0.6) is 0 Å². The second-order valence-electron chi connectivity index (χ2n) is 3.72. The fraction of sp³-hybridized carbons (Fsp3) is 0.600. The molecule has 1 amide bonds. The number of oxazole rings is 1. The highest BCUT2D eigenvalue weighted by atomic mass is 16.3. The van der Waals surface area contributed by atoms with Gasteiger partial charge in [0.15, 0.2) is 6.39 Å². The highest BCUT2D eigenvalue weighted by Crippen LogP contribution is 2.18. The lowest BCUT2D eigenvalue weighted by atomic mass is 10.1. The molecule has 15 heavy (non-hydrogen) atoms. The van der Waals surface area contributed by atoms with Crippen LogP contribution in [0.4, 0.5) is 0 Å². The molecule has 0 spiro atoms. The van der Waals surface area contributed by atoms with Crippen molar-refractivity contribution < 1.29 is 9.21 Å². The van der Waals surface area contributed by atoms with Gasteiger partial charge in [-0.1, -0.05) is 6.92 Å². The van der Waals surface area contributed by atoms with Crippen molar-refractivity contribution in [1.82, 2.24) is 15.6 Å². The molecule has 1 aromatic rings. The van der Waals surface area contributed by atoms with Crippen LogP contribution in [0.15, 0.2) is 10.8 Å². The van der Waals surface area contributed by atoms with Crippen molar-refractivity contribution in [2.75, 3.05) is 6.54 Å². The van der Waals surface area contributed by atoms with Gasteiger partial charge in [0.2, 0.25) is 5.91 Å². The number of aryl methyl sites for hydroxylation is 1. The van der Waals surface area contributed by atoms with Crippen molar-refractivity contribution >= 4 is 5.91 Å². The topological polar surface area (TPSA) is 67.2 Å². The maximum Gasteiger partial charge on any atom is 0.237 e. The molecule has 2 rings (SSSR count). The Bertz CT molecular complexity index is 361. The van der Waals surface area contributed by atoms with Gasteiger partial charge >= 0.3 is 0 Å². The van der Waals surface area contributed by atoms with E-state index in [0.717, 1.165) is 17.9 Å². The van der Waals surface area contributed by atoms with Gasteiger partial charge in [-0.2, -0.15) is 0 Å². The average molecular weight is 209 g/mol. The van der Waals surface area contributed by atoms with Crippen LogP contribution in [-0.2, 0) is 4.79 Å². The highest BCUT2D eigenvalue weighted by molar-refractivity contribution is 5.82. The second kappa shape index (κ2) is 4.02. The lowest BCUT2D eigenvalue weighted by Crippen LogP contribution is -2.54. The van der Waals surface area contributed by atoms with E-state index < -0.39 is 0 Å². The molecule has 0 aliphatic carbocycles. The van der Waals surface area contributed by atoms with Gasteiger partial charge in [-0.3, -0.25) is 10.1 Å². The standard InChI is InChI=1S/C10H15N3O2/c1-3-7-10(14)11-4-8(13-7)9-6(2)15-5-12-9/h5,7-8,13H,3-4H2,1-2H3,(H,11,14). The first-order valence-electron chi connectivity index (χ1n) is 5.16. The first-order chi connectivity index (χ1) is 7.22. The molecule has 0 saturated carbocycles. The van der Waals surface area contributed by atoms with Crippen LogP contribution in [0.1, 0.15) is 30.8 Å². The maximum absolute atomic E-state index is 11.4. The smallest absolute Gasteiger partial charge is 0.237 e. The molecule has 1 fully saturated rings. The van der Waals surface area contributed by atoms with E-state index in [0.29, 0.717) is 6.54 Å². The highest BCUT2D eigenvalue weighted by Gasteiger charge is 2.29. The SMILES string of the molecule is CCC1NC(c2ncoc2C)CNC1=O. The number of carbonyl (C=O) groups excluding carboxylic acids is 1. The quantitative estimate of drug-likeness (QED) is 0.745. The summed E-state index contributed by atoms with van der Waals surface area (Å²) in [4.78, 5) is 15.6. The Balaban J connectivity index is 2.13. The summed E-state index contributed by atoms with van der Waals surface area (Å²) < 4.78 is 5.15. The van der Waals surface area contributed by atoms with Gasteiger partial charge < -0.3 is 9.73 Å². The van der Waals surface area contributed by atoms with E-state index in [4.69, 9.17) is 4.42 Å². The van der Waals surface area contributed by atoms with Gasteiger partial charge in [0.05, 0.1) is 12.1 Å². The van der Waals surface area contributed by atoms with Gasteiger partial charge in [0.25, 0.3) is 0 Å². The Hall–Kier alpha value is -1.36. The molecule has 0 radical (unpaired) electrons. The Morgan fingerprint density at radius 1 is 1.67 bits per heavy atom. The summed E-state index contributed by atoms with van der Waals surface area (Å²) in [5, 5.41) is 6.13. The lowest BCUT2D eigenvalue weighted by molar-refractivity contribution is -0.125. The first kappa shape index (κ1) is 10.2. The summed E-state index contributed by atoms with van der Waals surface area (Å²) in [6.45, 7) is 4.43. The minimum absolute atomic E-state index is 0.0615. The molecule has 2 unspecified atom stereocenters. The molecule has 5 nitrogen and oxygen atoms in total. The predicted molar refractivity (Wildman–Crippen MR) is 54.2 cm³/mol. The van der Waals surface area contributed by atoms with E-state index in [-0.39, 0.29) is 18.0 Å².